The lowest BCUT2D eigenvalue weighted by Crippen LogP contribution is -2.12. The molecule has 0 saturated heterocycles. The summed E-state index contributed by atoms with van der Waals surface area (Å²) in [5.74, 6) is 0.697. The Labute approximate surface area is 111 Å². The first-order valence-electron chi connectivity index (χ1n) is 5.57. The first-order chi connectivity index (χ1) is 8.60. The summed E-state index contributed by atoms with van der Waals surface area (Å²) in [4.78, 5) is 0.338. The van der Waals surface area contributed by atoms with Crippen LogP contribution in [0.4, 0.5) is 0 Å². The largest absolute Gasteiger partial charge is 0.496 e. The van der Waals surface area contributed by atoms with Crippen LogP contribution in [0.5, 0.6) is 5.75 Å². The molecule has 1 heterocycles. The van der Waals surface area contributed by atoms with Gasteiger partial charge in [-0.1, -0.05) is 18.3 Å². The van der Waals surface area contributed by atoms with Crippen molar-refractivity contribution in [2.75, 3.05) is 7.11 Å². The number of ether oxygens (including phenoxy) is 1. The van der Waals surface area contributed by atoms with E-state index in [1.165, 1.54) is 0 Å². The summed E-state index contributed by atoms with van der Waals surface area (Å²) in [5.41, 5.74) is 8.53. The number of rotatable bonds is 4. The smallest absolute Gasteiger partial charge is 0.129 e. The number of thiocarbonyl (C=S) groups is 1. The molecule has 0 fully saturated rings. The van der Waals surface area contributed by atoms with Crippen LogP contribution >= 0.6 is 12.2 Å². The lowest BCUT2D eigenvalue weighted by atomic mass is 10.1. The highest BCUT2D eigenvalue weighted by Gasteiger charge is 2.07. The summed E-state index contributed by atoms with van der Waals surface area (Å²) < 4.78 is 7.10. The molecule has 2 rings (SSSR count). The highest BCUT2D eigenvalue weighted by Crippen LogP contribution is 2.20. The predicted octanol–water partition coefficient (Wildman–Crippen LogP) is 1.88. The van der Waals surface area contributed by atoms with Crippen LogP contribution in [0.25, 0.3) is 0 Å². The van der Waals surface area contributed by atoms with Crippen molar-refractivity contribution < 1.29 is 4.74 Å². The van der Waals surface area contributed by atoms with Gasteiger partial charge in [0.05, 0.1) is 24.9 Å². The molecule has 18 heavy (non-hydrogen) atoms. The van der Waals surface area contributed by atoms with Gasteiger partial charge in [-0.15, -0.1) is 0 Å². The van der Waals surface area contributed by atoms with Gasteiger partial charge in [-0.2, -0.15) is 5.10 Å². The molecule has 0 aliphatic rings. The maximum Gasteiger partial charge on any atom is 0.129 e. The zero-order valence-corrected chi connectivity index (χ0v) is 11.2. The molecule has 0 unspecified atom stereocenters. The van der Waals surface area contributed by atoms with Crippen molar-refractivity contribution in [3.05, 3.63) is 47.3 Å². The van der Waals surface area contributed by atoms with E-state index >= 15 is 0 Å². The lowest BCUT2D eigenvalue weighted by molar-refractivity contribution is 0.414. The number of hydrogen-bond donors (Lipinski definition) is 1. The van der Waals surface area contributed by atoms with Crippen molar-refractivity contribution in [2.24, 2.45) is 5.73 Å². The summed E-state index contributed by atoms with van der Waals surface area (Å²) in [6.07, 6.45) is 1.94. The number of nitrogens with zero attached hydrogens (tertiary/aromatic N) is 2. The van der Waals surface area contributed by atoms with Gasteiger partial charge in [0.2, 0.25) is 0 Å². The van der Waals surface area contributed by atoms with Crippen molar-refractivity contribution in [1.29, 1.82) is 0 Å². The predicted molar refractivity (Wildman–Crippen MR) is 74.9 cm³/mol. The molecule has 0 amide bonds. The molecule has 2 aromatic rings. The fraction of sp³-hybridized carbons (Fsp3) is 0.231. The molecule has 1 aromatic carbocycles. The summed E-state index contributed by atoms with van der Waals surface area (Å²) in [7, 11) is 1.60. The third kappa shape index (κ3) is 2.68. The fourth-order valence-corrected chi connectivity index (χ4v) is 1.94. The molecule has 0 saturated carbocycles. The van der Waals surface area contributed by atoms with Gasteiger partial charge in [0.25, 0.3) is 0 Å². The second-order valence-electron chi connectivity index (χ2n) is 4.05. The number of hydrogen-bond acceptors (Lipinski definition) is 3. The molecule has 1 aromatic heterocycles. The summed E-state index contributed by atoms with van der Waals surface area (Å²) >= 11 is 5.02. The molecule has 4 nitrogen and oxygen atoms in total. The van der Waals surface area contributed by atoms with Gasteiger partial charge in [0, 0.05) is 6.20 Å². The van der Waals surface area contributed by atoms with E-state index < -0.39 is 0 Å². The Balaban J connectivity index is 2.29. The van der Waals surface area contributed by atoms with E-state index in [0.717, 1.165) is 16.8 Å². The van der Waals surface area contributed by atoms with Gasteiger partial charge >= 0.3 is 0 Å². The second kappa shape index (κ2) is 5.18. The van der Waals surface area contributed by atoms with E-state index in [-0.39, 0.29) is 0 Å². The molecule has 0 bridgehead atoms. The molecular formula is C13H15N3OS. The molecule has 0 aliphatic carbocycles. The van der Waals surface area contributed by atoms with Gasteiger partial charge in [0.1, 0.15) is 10.7 Å². The quantitative estimate of drug-likeness (QED) is 0.854. The van der Waals surface area contributed by atoms with Crippen molar-refractivity contribution in [3.8, 4) is 5.75 Å². The Morgan fingerprint density at radius 2 is 2.22 bits per heavy atom. The zero-order chi connectivity index (χ0) is 13.1. The van der Waals surface area contributed by atoms with Crippen LogP contribution < -0.4 is 10.5 Å². The molecule has 0 radical (unpaired) electrons. The Kier molecular flexibility index (Phi) is 3.62. The Hall–Kier alpha value is -1.88. The minimum Gasteiger partial charge on any atom is -0.496 e. The number of methoxy groups -OCH3 is 1. The minimum absolute atomic E-state index is 0.338. The second-order valence-corrected chi connectivity index (χ2v) is 4.49. The average molecular weight is 261 g/mol. The third-order valence-electron chi connectivity index (χ3n) is 2.65. The Bertz CT molecular complexity index is 577. The average Bonchev–Trinajstić information content (AvgIpc) is 2.74. The normalized spacial score (nSPS) is 10.3. The number of benzene rings is 1. The highest BCUT2D eigenvalue weighted by molar-refractivity contribution is 7.80. The Morgan fingerprint density at radius 1 is 1.44 bits per heavy atom. The minimum atomic E-state index is 0.338. The van der Waals surface area contributed by atoms with Crippen molar-refractivity contribution in [3.63, 3.8) is 0 Å². The van der Waals surface area contributed by atoms with Gasteiger partial charge in [0.15, 0.2) is 0 Å². The van der Waals surface area contributed by atoms with Crippen LogP contribution in [0.3, 0.4) is 0 Å². The van der Waals surface area contributed by atoms with E-state index in [9.17, 15) is 0 Å². The van der Waals surface area contributed by atoms with Crippen LogP contribution in [0.2, 0.25) is 0 Å². The van der Waals surface area contributed by atoms with Crippen molar-refractivity contribution in [1.82, 2.24) is 9.78 Å². The molecule has 5 heteroatoms. The van der Waals surface area contributed by atoms with Gasteiger partial charge in [-0.3, -0.25) is 4.68 Å². The molecular weight excluding hydrogens is 246 g/mol. The van der Waals surface area contributed by atoms with Gasteiger partial charge in [-0.05, 0) is 30.7 Å². The van der Waals surface area contributed by atoms with Crippen LogP contribution in [0.1, 0.15) is 16.8 Å². The van der Waals surface area contributed by atoms with E-state index in [0.29, 0.717) is 17.3 Å². The molecule has 94 valence electrons. The summed E-state index contributed by atoms with van der Waals surface area (Å²) in [5, 5.41) is 4.34. The van der Waals surface area contributed by atoms with Crippen molar-refractivity contribution >= 4 is 17.2 Å². The maximum atomic E-state index is 5.69. The van der Waals surface area contributed by atoms with Crippen LogP contribution in [-0.2, 0) is 6.54 Å². The first kappa shape index (κ1) is 12.6. The standard InChI is InChI=1S/C13H15N3OS/c1-9-5-6-16(15-9)8-10-3-4-12(17-2)11(7-10)13(14)18/h3-7H,8H2,1-2H3,(H2,14,18). The van der Waals surface area contributed by atoms with Crippen LogP contribution in [0, 0.1) is 6.92 Å². The van der Waals surface area contributed by atoms with E-state index in [4.69, 9.17) is 22.7 Å². The monoisotopic (exact) mass is 261 g/mol. The number of aryl methyl sites for hydroxylation is 1. The highest BCUT2D eigenvalue weighted by atomic mass is 32.1. The van der Waals surface area contributed by atoms with Crippen LogP contribution in [-0.4, -0.2) is 21.9 Å². The Morgan fingerprint density at radius 3 is 2.78 bits per heavy atom. The first-order valence-corrected chi connectivity index (χ1v) is 5.98. The summed E-state index contributed by atoms with van der Waals surface area (Å²) in [6, 6.07) is 7.77. The molecule has 0 atom stereocenters. The third-order valence-corrected chi connectivity index (χ3v) is 2.87. The summed E-state index contributed by atoms with van der Waals surface area (Å²) in [6.45, 7) is 2.65. The van der Waals surface area contributed by atoms with E-state index in [1.807, 2.05) is 42.1 Å². The lowest BCUT2D eigenvalue weighted by Gasteiger charge is -2.09. The molecule has 0 aliphatic heterocycles. The maximum absolute atomic E-state index is 5.69. The van der Waals surface area contributed by atoms with Gasteiger partial charge < -0.3 is 10.5 Å². The van der Waals surface area contributed by atoms with Crippen molar-refractivity contribution in [2.45, 2.75) is 13.5 Å². The molecule has 0 spiro atoms. The zero-order valence-electron chi connectivity index (χ0n) is 10.4. The fourth-order valence-electron chi connectivity index (χ4n) is 1.78. The number of aromatic nitrogens is 2. The number of nitrogens with two attached hydrogens (primary N) is 1. The van der Waals surface area contributed by atoms with Gasteiger partial charge in [-0.25, -0.2) is 0 Å². The van der Waals surface area contributed by atoms with E-state index in [1.54, 1.807) is 7.11 Å². The van der Waals surface area contributed by atoms with Crippen LogP contribution in [0.15, 0.2) is 30.5 Å². The molecule has 2 N–H and O–H groups in total. The SMILES string of the molecule is COc1ccc(Cn2ccc(C)n2)cc1C(N)=S. The topological polar surface area (TPSA) is 53.1 Å². The van der Waals surface area contributed by atoms with E-state index in [2.05, 4.69) is 5.10 Å².